The average molecular weight is 247 g/mol. The third-order valence-corrected chi connectivity index (χ3v) is 2.69. The van der Waals surface area contributed by atoms with Gasteiger partial charge in [0.15, 0.2) is 0 Å². The summed E-state index contributed by atoms with van der Waals surface area (Å²) in [6.45, 7) is 0.173. The van der Waals surface area contributed by atoms with Crippen LogP contribution < -0.4 is 11.3 Å². The second-order valence-electron chi connectivity index (χ2n) is 4.02. The number of nitrogens with one attached hydrogen (secondary N) is 1. The van der Waals surface area contributed by atoms with Gasteiger partial charge in [-0.15, -0.1) is 0 Å². The lowest BCUT2D eigenvalue weighted by molar-refractivity contribution is 0.625. The molecule has 0 aliphatic rings. The van der Waals surface area contributed by atoms with Crippen LogP contribution in [0.2, 0.25) is 0 Å². The van der Waals surface area contributed by atoms with Gasteiger partial charge in [-0.05, 0) is 24.1 Å². The zero-order valence-electron chi connectivity index (χ0n) is 9.82. The maximum atomic E-state index is 13.0. The Labute approximate surface area is 104 Å². The van der Waals surface area contributed by atoms with Gasteiger partial charge in [0.25, 0.3) is 5.56 Å². The fraction of sp³-hybridized carbons (Fsp3) is 0.231. The van der Waals surface area contributed by atoms with Crippen LogP contribution in [0.4, 0.5) is 4.39 Å². The Morgan fingerprint density at radius 1 is 1.33 bits per heavy atom. The molecule has 18 heavy (non-hydrogen) atoms. The van der Waals surface area contributed by atoms with Crippen LogP contribution in [0.15, 0.2) is 35.3 Å². The van der Waals surface area contributed by atoms with Gasteiger partial charge < -0.3 is 10.7 Å². The lowest BCUT2D eigenvalue weighted by Crippen LogP contribution is -2.19. The van der Waals surface area contributed by atoms with E-state index in [1.165, 1.54) is 18.3 Å². The molecule has 5 heteroatoms. The normalized spacial score (nSPS) is 10.6. The number of H-pyrrole nitrogens is 1. The van der Waals surface area contributed by atoms with Crippen molar-refractivity contribution in [2.75, 3.05) is 0 Å². The average Bonchev–Trinajstić information content (AvgIpc) is 2.37. The second kappa shape index (κ2) is 5.55. The van der Waals surface area contributed by atoms with Crippen molar-refractivity contribution in [1.29, 1.82) is 0 Å². The smallest absolute Gasteiger partial charge is 0.255 e. The van der Waals surface area contributed by atoms with Gasteiger partial charge in [0, 0.05) is 24.7 Å². The molecule has 2 aromatic rings. The van der Waals surface area contributed by atoms with E-state index in [1.54, 1.807) is 6.07 Å². The van der Waals surface area contributed by atoms with Crippen molar-refractivity contribution >= 4 is 0 Å². The number of nitrogens with zero attached hydrogens (tertiary/aromatic N) is 1. The number of halogens is 1. The SMILES string of the molecule is NCc1cnc(CCc2cccc(F)c2)[nH]c1=O. The molecule has 94 valence electrons. The van der Waals surface area contributed by atoms with E-state index in [0.29, 0.717) is 24.2 Å². The molecule has 0 bridgehead atoms. The van der Waals surface area contributed by atoms with Gasteiger partial charge in [0.2, 0.25) is 0 Å². The minimum absolute atomic E-state index is 0.173. The Bertz CT molecular complexity index is 595. The maximum absolute atomic E-state index is 13.0. The van der Waals surface area contributed by atoms with Crippen LogP contribution in [-0.4, -0.2) is 9.97 Å². The Morgan fingerprint density at radius 3 is 2.83 bits per heavy atom. The summed E-state index contributed by atoms with van der Waals surface area (Å²) >= 11 is 0. The predicted octanol–water partition coefficient (Wildman–Crippen LogP) is 1.15. The van der Waals surface area contributed by atoms with Crippen LogP contribution in [0.25, 0.3) is 0 Å². The van der Waals surface area contributed by atoms with E-state index in [9.17, 15) is 9.18 Å². The minimum atomic E-state index is -0.257. The first-order valence-electron chi connectivity index (χ1n) is 5.70. The Morgan fingerprint density at radius 2 is 2.17 bits per heavy atom. The lowest BCUT2D eigenvalue weighted by Gasteiger charge is -2.02. The van der Waals surface area contributed by atoms with Gasteiger partial charge in [-0.1, -0.05) is 12.1 Å². The number of aromatic nitrogens is 2. The molecular formula is C13H14FN3O. The summed E-state index contributed by atoms with van der Waals surface area (Å²) in [5, 5.41) is 0. The quantitative estimate of drug-likeness (QED) is 0.851. The monoisotopic (exact) mass is 247 g/mol. The first-order valence-corrected chi connectivity index (χ1v) is 5.70. The molecule has 0 aliphatic carbocycles. The Hall–Kier alpha value is -2.01. The van der Waals surface area contributed by atoms with Crippen LogP contribution in [0, 0.1) is 5.82 Å². The molecule has 1 aromatic heterocycles. The third-order valence-electron chi connectivity index (χ3n) is 2.69. The number of aromatic amines is 1. The summed E-state index contributed by atoms with van der Waals surface area (Å²) in [6, 6.07) is 6.39. The van der Waals surface area contributed by atoms with Crippen molar-refractivity contribution in [2.45, 2.75) is 19.4 Å². The molecule has 0 saturated carbocycles. The first kappa shape index (κ1) is 12.4. The molecular weight excluding hydrogens is 233 g/mol. The van der Waals surface area contributed by atoms with Gasteiger partial charge in [0.05, 0.1) is 0 Å². The summed E-state index contributed by atoms with van der Waals surface area (Å²) < 4.78 is 13.0. The summed E-state index contributed by atoms with van der Waals surface area (Å²) in [7, 11) is 0. The van der Waals surface area contributed by atoms with Gasteiger partial charge in [-0.2, -0.15) is 0 Å². The summed E-state index contributed by atoms with van der Waals surface area (Å²) in [4.78, 5) is 18.3. The summed E-state index contributed by atoms with van der Waals surface area (Å²) in [6.07, 6.45) is 2.67. The highest BCUT2D eigenvalue weighted by Crippen LogP contribution is 2.06. The number of nitrogens with two attached hydrogens (primary N) is 1. The molecule has 0 spiro atoms. The molecule has 0 saturated heterocycles. The van der Waals surface area contributed by atoms with Crippen molar-refractivity contribution in [1.82, 2.24) is 9.97 Å². The fourth-order valence-corrected chi connectivity index (χ4v) is 1.69. The maximum Gasteiger partial charge on any atom is 0.255 e. The molecule has 0 aliphatic heterocycles. The van der Waals surface area contributed by atoms with Crippen LogP contribution >= 0.6 is 0 Å². The summed E-state index contributed by atoms with van der Waals surface area (Å²) in [5.41, 5.74) is 6.51. The standard InChI is InChI=1S/C13H14FN3O/c14-11-3-1-2-9(6-11)4-5-12-16-8-10(7-15)13(18)17-12/h1-3,6,8H,4-5,7,15H2,(H,16,17,18). The lowest BCUT2D eigenvalue weighted by atomic mass is 10.1. The fourth-order valence-electron chi connectivity index (χ4n) is 1.69. The van der Waals surface area contributed by atoms with Crippen LogP contribution in [0.1, 0.15) is 17.0 Å². The molecule has 4 nitrogen and oxygen atoms in total. The van der Waals surface area contributed by atoms with Crippen LogP contribution in [0.5, 0.6) is 0 Å². The number of rotatable bonds is 4. The van der Waals surface area contributed by atoms with Crippen molar-refractivity contribution in [3.63, 3.8) is 0 Å². The topological polar surface area (TPSA) is 71.8 Å². The molecule has 3 N–H and O–H groups in total. The summed E-state index contributed by atoms with van der Waals surface area (Å²) in [5.74, 6) is 0.328. The van der Waals surface area contributed by atoms with Crippen molar-refractivity contribution < 1.29 is 4.39 Å². The second-order valence-corrected chi connectivity index (χ2v) is 4.02. The van der Waals surface area contributed by atoms with Gasteiger partial charge in [-0.25, -0.2) is 9.37 Å². The predicted molar refractivity (Wildman–Crippen MR) is 66.6 cm³/mol. The van der Waals surface area contributed by atoms with E-state index in [2.05, 4.69) is 9.97 Å². The van der Waals surface area contributed by atoms with E-state index in [-0.39, 0.29) is 17.9 Å². The molecule has 0 fully saturated rings. The number of aryl methyl sites for hydroxylation is 2. The molecule has 0 radical (unpaired) electrons. The van der Waals surface area contributed by atoms with Crippen LogP contribution in [-0.2, 0) is 19.4 Å². The van der Waals surface area contributed by atoms with Gasteiger partial charge >= 0.3 is 0 Å². The molecule has 2 rings (SSSR count). The highest BCUT2D eigenvalue weighted by atomic mass is 19.1. The van der Waals surface area contributed by atoms with Crippen molar-refractivity contribution in [2.24, 2.45) is 5.73 Å². The molecule has 1 aromatic carbocycles. The number of benzene rings is 1. The van der Waals surface area contributed by atoms with Gasteiger partial charge in [-0.3, -0.25) is 4.79 Å². The highest BCUT2D eigenvalue weighted by molar-refractivity contribution is 5.17. The van der Waals surface area contributed by atoms with E-state index < -0.39 is 0 Å². The number of hydrogen-bond donors (Lipinski definition) is 2. The third kappa shape index (κ3) is 3.01. The largest absolute Gasteiger partial charge is 0.326 e. The molecule has 1 heterocycles. The Balaban J connectivity index is 2.06. The Kier molecular flexibility index (Phi) is 3.84. The van der Waals surface area contributed by atoms with Crippen molar-refractivity contribution in [3.05, 3.63) is 63.6 Å². The minimum Gasteiger partial charge on any atom is -0.326 e. The molecule has 0 atom stereocenters. The van der Waals surface area contributed by atoms with Crippen LogP contribution in [0.3, 0.4) is 0 Å². The zero-order chi connectivity index (χ0) is 13.0. The van der Waals surface area contributed by atoms with Gasteiger partial charge in [0.1, 0.15) is 11.6 Å². The van der Waals surface area contributed by atoms with E-state index in [0.717, 1.165) is 5.56 Å². The molecule has 0 amide bonds. The number of hydrogen-bond acceptors (Lipinski definition) is 3. The zero-order valence-corrected chi connectivity index (χ0v) is 9.82. The molecule has 0 unspecified atom stereocenters. The van der Waals surface area contributed by atoms with E-state index in [1.807, 2.05) is 6.07 Å². The van der Waals surface area contributed by atoms with E-state index in [4.69, 9.17) is 5.73 Å². The highest BCUT2D eigenvalue weighted by Gasteiger charge is 2.02. The first-order chi connectivity index (χ1) is 8.69. The van der Waals surface area contributed by atoms with E-state index >= 15 is 0 Å². The van der Waals surface area contributed by atoms with Crippen molar-refractivity contribution in [3.8, 4) is 0 Å².